The average molecular weight is 1070 g/mol. The van der Waals surface area contributed by atoms with Gasteiger partial charge >= 0.3 is 17.9 Å². The first kappa shape index (κ1) is 73.6. The standard InChI is InChI=1S/C70H130O6/c1-4-7-10-13-16-19-22-25-28-30-32-33-34-35-36-37-39-40-42-45-48-51-54-57-60-63-69(72)75-66-67(65-74-68(71)62-59-56-53-50-47-44-27-24-21-18-15-12-9-6-3)76-70(73)64-61-58-55-52-49-46-43-41-38-31-29-26-23-20-17-14-11-8-5-2/h22,25-26,29-30,32,67H,4-21,23-24,27-28,31,33-66H2,1-3H3/b25-22-,29-26-,32-30-. The predicted molar refractivity (Wildman–Crippen MR) is 330 cm³/mol. The van der Waals surface area contributed by atoms with Crippen LogP contribution >= 0.6 is 0 Å². The lowest BCUT2D eigenvalue weighted by atomic mass is 10.0. The second kappa shape index (κ2) is 65.2. The molecule has 6 nitrogen and oxygen atoms in total. The van der Waals surface area contributed by atoms with Crippen molar-refractivity contribution in [1.29, 1.82) is 0 Å². The van der Waals surface area contributed by atoms with Gasteiger partial charge in [0.25, 0.3) is 0 Å². The predicted octanol–water partition coefficient (Wildman–Crippen LogP) is 23.2. The van der Waals surface area contributed by atoms with Crippen molar-refractivity contribution in [2.75, 3.05) is 13.2 Å². The molecular weight excluding hydrogens is 937 g/mol. The monoisotopic (exact) mass is 1070 g/mol. The molecule has 0 aromatic heterocycles. The maximum absolute atomic E-state index is 12.9. The van der Waals surface area contributed by atoms with Crippen molar-refractivity contribution in [2.24, 2.45) is 0 Å². The molecule has 446 valence electrons. The van der Waals surface area contributed by atoms with Gasteiger partial charge in [0.2, 0.25) is 0 Å². The van der Waals surface area contributed by atoms with Gasteiger partial charge < -0.3 is 14.2 Å². The van der Waals surface area contributed by atoms with E-state index in [-0.39, 0.29) is 31.1 Å². The van der Waals surface area contributed by atoms with E-state index in [0.717, 1.165) is 64.2 Å². The van der Waals surface area contributed by atoms with Gasteiger partial charge in [-0.2, -0.15) is 0 Å². The highest BCUT2D eigenvalue weighted by Crippen LogP contribution is 2.18. The molecule has 0 aliphatic heterocycles. The van der Waals surface area contributed by atoms with Gasteiger partial charge in [-0.3, -0.25) is 14.4 Å². The topological polar surface area (TPSA) is 78.9 Å². The number of unbranched alkanes of at least 4 members (excludes halogenated alkanes) is 46. The first-order chi connectivity index (χ1) is 37.5. The summed E-state index contributed by atoms with van der Waals surface area (Å²) in [4.78, 5) is 38.4. The highest BCUT2D eigenvalue weighted by atomic mass is 16.6. The van der Waals surface area contributed by atoms with E-state index >= 15 is 0 Å². The van der Waals surface area contributed by atoms with Gasteiger partial charge in [0, 0.05) is 19.3 Å². The molecule has 0 aromatic rings. The number of rotatable bonds is 63. The van der Waals surface area contributed by atoms with Crippen LogP contribution in [-0.4, -0.2) is 37.2 Å². The van der Waals surface area contributed by atoms with Gasteiger partial charge in [0.1, 0.15) is 13.2 Å². The maximum Gasteiger partial charge on any atom is 0.306 e. The Morgan fingerprint density at radius 2 is 0.474 bits per heavy atom. The van der Waals surface area contributed by atoms with Crippen molar-refractivity contribution in [2.45, 2.75) is 380 Å². The van der Waals surface area contributed by atoms with Crippen molar-refractivity contribution in [3.63, 3.8) is 0 Å². The number of esters is 3. The lowest BCUT2D eigenvalue weighted by Gasteiger charge is -2.18. The van der Waals surface area contributed by atoms with Crippen molar-refractivity contribution in [3.8, 4) is 0 Å². The molecule has 0 fully saturated rings. The molecule has 0 aliphatic carbocycles. The van der Waals surface area contributed by atoms with E-state index in [0.29, 0.717) is 19.3 Å². The van der Waals surface area contributed by atoms with Crippen LogP contribution < -0.4 is 0 Å². The summed E-state index contributed by atoms with van der Waals surface area (Å²) in [6.07, 6.45) is 80.1. The highest BCUT2D eigenvalue weighted by Gasteiger charge is 2.19. The Balaban J connectivity index is 4.26. The van der Waals surface area contributed by atoms with Crippen LogP contribution in [0.2, 0.25) is 0 Å². The van der Waals surface area contributed by atoms with Crippen LogP contribution in [0.25, 0.3) is 0 Å². The fourth-order valence-corrected chi connectivity index (χ4v) is 10.2. The first-order valence-electron chi connectivity index (χ1n) is 34.0. The quantitative estimate of drug-likeness (QED) is 0.0261. The van der Waals surface area contributed by atoms with Crippen molar-refractivity contribution >= 4 is 17.9 Å². The summed E-state index contributed by atoms with van der Waals surface area (Å²) >= 11 is 0. The Hall–Kier alpha value is -2.37. The molecule has 0 spiro atoms. The minimum atomic E-state index is -0.771. The summed E-state index contributed by atoms with van der Waals surface area (Å²) in [6, 6.07) is 0. The normalized spacial score (nSPS) is 12.2. The van der Waals surface area contributed by atoms with E-state index < -0.39 is 6.10 Å². The lowest BCUT2D eigenvalue weighted by Crippen LogP contribution is -2.30. The number of allylic oxidation sites excluding steroid dienone is 6. The van der Waals surface area contributed by atoms with Crippen LogP contribution in [0.5, 0.6) is 0 Å². The second-order valence-corrected chi connectivity index (χ2v) is 23.1. The number of hydrogen-bond donors (Lipinski definition) is 0. The summed E-state index contributed by atoms with van der Waals surface area (Å²) < 4.78 is 17.0. The summed E-state index contributed by atoms with van der Waals surface area (Å²) in [5.74, 6) is -0.844. The van der Waals surface area contributed by atoms with Gasteiger partial charge in [-0.05, 0) is 77.0 Å². The zero-order valence-electron chi connectivity index (χ0n) is 51.3. The molecule has 0 radical (unpaired) electrons. The summed E-state index contributed by atoms with van der Waals surface area (Å²) in [5.41, 5.74) is 0. The van der Waals surface area contributed by atoms with Crippen LogP contribution in [0, 0.1) is 0 Å². The number of ether oxygens (including phenoxy) is 3. The molecule has 0 aliphatic rings. The molecule has 0 saturated heterocycles. The second-order valence-electron chi connectivity index (χ2n) is 23.1. The number of carbonyl (C=O) groups excluding carboxylic acids is 3. The fraction of sp³-hybridized carbons (Fsp3) is 0.871. The summed E-state index contributed by atoms with van der Waals surface area (Å²) in [5, 5.41) is 0. The summed E-state index contributed by atoms with van der Waals surface area (Å²) in [6.45, 7) is 6.69. The molecule has 0 rings (SSSR count). The number of hydrogen-bond acceptors (Lipinski definition) is 6. The van der Waals surface area contributed by atoms with Crippen LogP contribution in [0.15, 0.2) is 36.5 Å². The van der Waals surface area contributed by atoms with Gasteiger partial charge in [0.05, 0.1) is 0 Å². The summed E-state index contributed by atoms with van der Waals surface area (Å²) in [7, 11) is 0. The molecule has 1 atom stereocenters. The van der Waals surface area contributed by atoms with E-state index in [1.807, 2.05) is 0 Å². The van der Waals surface area contributed by atoms with Gasteiger partial charge in [-0.25, -0.2) is 0 Å². The van der Waals surface area contributed by atoms with Gasteiger partial charge in [-0.1, -0.05) is 314 Å². The van der Waals surface area contributed by atoms with Crippen molar-refractivity contribution in [3.05, 3.63) is 36.5 Å². The molecule has 0 bridgehead atoms. The highest BCUT2D eigenvalue weighted by molar-refractivity contribution is 5.71. The Morgan fingerprint density at radius 1 is 0.263 bits per heavy atom. The Labute approximate surface area is 474 Å². The SMILES string of the molecule is CCCCCCC/C=C\C/C=C\CCCCCCCCCCCCCCCC(=O)OCC(COC(=O)CCCCCCCCCCCCCCCC)OC(=O)CCCCCCCCCCC/C=C\CCCCCCCC. The number of carbonyl (C=O) groups is 3. The maximum atomic E-state index is 12.9. The van der Waals surface area contributed by atoms with Crippen molar-refractivity contribution < 1.29 is 28.6 Å². The van der Waals surface area contributed by atoms with Gasteiger partial charge in [0.15, 0.2) is 6.10 Å². The third-order valence-electron chi connectivity index (χ3n) is 15.4. The van der Waals surface area contributed by atoms with Crippen LogP contribution in [-0.2, 0) is 28.6 Å². The molecule has 0 amide bonds. The smallest absolute Gasteiger partial charge is 0.306 e. The minimum Gasteiger partial charge on any atom is -0.462 e. The zero-order chi connectivity index (χ0) is 55.0. The average Bonchev–Trinajstić information content (AvgIpc) is 3.42. The molecule has 76 heavy (non-hydrogen) atoms. The van der Waals surface area contributed by atoms with Crippen molar-refractivity contribution in [1.82, 2.24) is 0 Å². The Bertz CT molecular complexity index is 1270. The molecule has 1 unspecified atom stereocenters. The fourth-order valence-electron chi connectivity index (χ4n) is 10.2. The largest absolute Gasteiger partial charge is 0.462 e. The van der Waals surface area contributed by atoms with E-state index in [4.69, 9.17) is 14.2 Å². The zero-order valence-corrected chi connectivity index (χ0v) is 51.3. The third kappa shape index (κ3) is 62.5. The van der Waals surface area contributed by atoms with E-state index in [1.54, 1.807) is 0 Å². The molecule has 0 N–H and O–H groups in total. The molecule has 6 heteroatoms. The molecule has 0 saturated carbocycles. The minimum absolute atomic E-state index is 0.0679. The van der Waals surface area contributed by atoms with Crippen LogP contribution in [0.4, 0.5) is 0 Å². The lowest BCUT2D eigenvalue weighted by molar-refractivity contribution is -0.167. The van der Waals surface area contributed by atoms with Crippen LogP contribution in [0.3, 0.4) is 0 Å². The Morgan fingerprint density at radius 3 is 0.737 bits per heavy atom. The van der Waals surface area contributed by atoms with Crippen LogP contribution in [0.1, 0.15) is 374 Å². The van der Waals surface area contributed by atoms with E-state index in [1.165, 1.54) is 270 Å². The third-order valence-corrected chi connectivity index (χ3v) is 15.4. The molecule has 0 heterocycles. The Kier molecular flexibility index (Phi) is 63.1. The first-order valence-corrected chi connectivity index (χ1v) is 34.0. The van der Waals surface area contributed by atoms with Gasteiger partial charge in [-0.15, -0.1) is 0 Å². The molecule has 0 aromatic carbocycles. The molecular formula is C70H130O6. The van der Waals surface area contributed by atoms with E-state index in [2.05, 4.69) is 57.2 Å². The van der Waals surface area contributed by atoms with E-state index in [9.17, 15) is 14.4 Å².